The molecule has 6 nitrogen and oxygen atoms in total. The minimum Gasteiger partial charge on any atom is -0.341 e. The molecule has 2 aliphatic rings. The molecule has 4 atom stereocenters. The fourth-order valence-electron chi connectivity index (χ4n) is 4.11. The fraction of sp³-hybridized carbons (Fsp3) is 0.562. The van der Waals surface area contributed by atoms with Crippen LogP contribution in [0.2, 0.25) is 0 Å². The molecule has 2 N–H and O–H groups in total. The molecule has 4 unspecified atom stereocenters. The van der Waals surface area contributed by atoms with Crippen LogP contribution in [0.3, 0.4) is 0 Å². The molecule has 0 heterocycles. The van der Waals surface area contributed by atoms with E-state index in [0.29, 0.717) is 17.4 Å². The molecule has 118 valence electrons. The van der Waals surface area contributed by atoms with Crippen molar-refractivity contribution in [3.05, 3.63) is 39.9 Å². The average Bonchev–Trinajstić information content (AvgIpc) is 3.07. The smallest absolute Gasteiger partial charge is 0.274 e. The SMILES string of the molecule is CN(Cc1ccccc1[N+](=O)[O-])C(=O)C1C2CCC(C2)C1N. The Labute approximate surface area is 129 Å². The van der Waals surface area contributed by atoms with Gasteiger partial charge in [0.15, 0.2) is 0 Å². The highest BCUT2D eigenvalue weighted by Crippen LogP contribution is 2.48. The molecule has 22 heavy (non-hydrogen) atoms. The van der Waals surface area contributed by atoms with Crippen LogP contribution in [-0.4, -0.2) is 28.8 Å². The first-order valence-corrected chi connectivity index (χ1v) is 7.72. The zero-order valence-electron chi connectivity index (χ0n) is 12.6. The standard InChI is InChI=1S/C16H21N3O3/c1-18(9-12-4-2-3-5-13(12)19(21)22)16(20)14-10-6-7-11(8-10)15(14)17/h2-5,10-11,14-15H,6-9,17H2,1H3. The highest BCUT2D eigenvalue weighted by atomic mass is 16.6. The normalized spacial score (nSPS) is 29.5. The molecule has 0 aromatic heterocycles. The molecule has 0 spiro atoms. The number of nitro groups is 1. The van der Waals surface area contributed by atoms with Crippen molar-refractivity contribution in [1.29, 1.82) is 0 Å². The zero-order chi connectivity index (χ0) is 15.9. The van der Waals surface area contributed by atoms with Crippen LogP contribution < -0.4 is 5.73 Å². The molecule has 0 aliphatic heterocycles. The summed E-state index contributed by atoms with van der Waals surface area (Å²) < 4.78 is 0. The molecule has 6 heteroatoms. The lowest BCUT2D eigenvalue weighted by molar-refractivity contribution is -0.385. The fourth-order valence-corrected chi connectivity index (χ4v) is 4.11. The third-order valence-corrected chi connectivity index (χ3v) is 5.24. The Morgan fingerprint density at radius 1 is 1.36 bits per heavy atom. The van der Waals surface area contributed by atoms with Crippen LogP contribution in [0, 0.1) is 27.9 Å². The van der Waals surface area contributed by atoms with Crippen molar-refractivity contribution in [2.45, 2.75) is 31.8 Å². The molecule has 3 rings (SSSR count). The summed E-state index contributed by atoms with van der Waals surface area (Å²) in [5, 5.41) is 11.1. The van der Waals surface area contributed by atoms with E-state index < -0.39 is 4.92 Å². The van der Waals surface area contributed by atoms with Gasteiger partial charge in [0.1, 0.15) is 0 Å². The van der Waals surface area contributed by atoms with Gasteiger partial charge in [0.25, 0.3) is 5.69 Å². The summed E-state index contributed by atoms with van der Waals surface area (Å²) in [5.41, 5.74) is 6.83. The van der Waals surface area contributed by atoms with Gasteiger partial charge in [0.2, 0.25) is 5.91 Å². The molecular formula is C16H21N3O3. The topological polar surface area (TPSA) is 89.5 Å². The lowest BCUT2D eigenvalue weighted by Crippen LogP contribution is -2.45. The minimum absolute atomic E-state index is 0.0258. The van der Waals surface area contributed by atoms with Crippen LogP contribution in [0.5, 0.6) is 0 Å². The van der Waals surface area contributed by atoms with Crippen molar-refractivity contribution in [2.24, 2.45) is 23.5 Å². The van der Waals surface area contributed by atoms with E-state index in [9.17, 15) is 14.9 Å². The number of benzene rings is 1. The molecule has 1 aromatic carbocycles. The maximum absolute atomic E-state index is 12.7. The Morgan fingerprint density at radius 2 is 2.05 bits per heavy atom. The molecule has 1 aromatic rings. The summed E-state index contributed by atoms with van der Waals surface area (Å²) in [5.74, 6) is 0.767. The van der Waals surface area contributed by atoms with Gasteiger partial charge < -0.3 is 10.6 Å². The predicted octanol–water partition coefficient (Wildman–Crippen LogP) is 1.93. The maximum atomic E-state index is 12.7. The van der Waals surface area contributed by atoms with E-state index in [0.717, 1.165) is 19.3 Å². The third-order valence-electron chi connectivity index (χ3n) is 5.24. The highest BCUT2D eigenvalue weighted by molar-refractivity contribution is 5.80. The van der Waals surface area contributed by atoms with Gasteiger partial charge in [-0.05, 0) is 31.1 Å². The number of rotatable bonds is 4. The Balaban J connectivity index is 1.74. The number of amides is 1. The van der Waals surface area contributed by atoms with Crippen molar-refractivity contribution in [2.75, 3.05) is 7.05 Å². The van der Waals surface area contributed by atoms with Crippen molar-refractivity contribution in [3.63, 3.8) is 0 Å². The van der Waals surface area contributed by atoms with Crippen LogP contribution in [-0.2, 0) is 11.3 Å². The van der Waals surface area contributed by atoms with E-state index >= 15 is 0 Å². The highest BCUT2D eigenvalue weighted by Gasteiger charge is 2.49. The summed E-state index contributed by atoms with van der Waals surface area (Å²) in [6.45, 7) is 0.247. The van der Waals surface area contributed by atoms with Gasteiger partial charge in [-0.1, -0.05) is 18.2 Å². The first-order chi connectivity index (χ1) is 10.5. The number of para-hydroxylation sites is 1. The van der Waals surface area contributed by atoms with Crippen LogP contribution in [0.1, 0.15) is 24.8 Å². The zero-order valence-corrected chi connectivity index (χ0v) is 12.6. The Hall–Kier alpha value is -1.95. The maximum Gasteiger partial charge on any atom is 0.274 e. The second-order valence-electron chi connectivity index (χ2n) is 6.52. The van der Waals surface area contributed by atoms with E-state index in [1.54, 1.807) is 30.1 Å². The summed E-state index contributed by atoms with van der Waals surface area (Å²) in [7, 11) is 1.71. The Bertz CT molecular complexity index is 602. The number of hydrogen-bond acceptors (Lipinski definition) is 4. The second-order valence-corrected chi connectivity index (χ2v) is 6.52. The number of fused-ring (bicyclic) bond motifs is 2. The first-order valence-electron chi connectivity index (χ1n) is 7.72. The van der Waals surface area contributed by atoms with Gasteiger partial charge in [0, 0.05) is 24.7 Å². The van der Waals surface area contributed by atoms with Crippen LogP contribution in [0.15, 0.2) is 24.3 Å². The number of carbonyl (C=O) groups is 1. The van der Waals surface area contributed by atoms with Gasteiger partial charge in [0.05, 0.1) is 17.4 Å². The van der Waals surface area contributed by atoms with Crippen LogP contribution in [0.25, 0.3) is 0 Å². The van der Waals surface area contributed by atoms with Gasteiger partial charge in [-0.3, -0.25) is 14.9 Å². The molecular weight excluding hydrogens is 282 g/mol. The minimum atomic E-state index is -0.406. The van der Waals surface area contributed by atoms with Crippen molar-refractivity contribution in [1.82, 2.24) is 4.90 Å². The first kappa shape index (κ1) is 15.0. The van der Waals surface area contributed by atoms with E-state index in [1.165, 1.54) is 6.07 Å². The molecule has 2 bridgehead atoms. The van der Waals surface area contributed by atoms with Gasteiger partial charge >= 0.3 is 0 Å². The van der Waals surface area contributed by atoms with Gasteiger partial charge in [-0.25, -0.2) is 0 Å². The summed E-state index contributed by atoms with van der Waals surface area (Å²) >= 11 is 0. The molecule has 1 amide bonds. The van der Waals surface area contributed by atoms with Crippen LogP contribution >= 0.6 is 0 Å². The number of hydrogen-bond donors (Lipinski definition) is 1. The summed E-state index contributed by atoms with van der Waals surface area (Å²) in [6, 6.07) is 6.50. The molecule has 0 saturated heterocycles. The molecule has 2 aliphatic carbocycles. The van der Waals surface area contributed by atoms with Crippen molar-refractivity contribution >= 4 is 11.6 Å². The number of nitrogens with zero attached hydrogens (tertiary/aromatic N) is 2. The van der Waals surface area contributed by atoms with Crippen molar-refractivity contribution < 1.29 is 9.72 Å². The van der Waals surface area contributed by atoms with Crippen LogP contribution in [0.4, 0.5) is 5.69 Å². The summed E-state index contributed by atoms with van der Waals surface area (Å²) in [4.78, 5) is 25.0. The largest absolute Gasteiger partial charge is 0.341 e. The third kappa shape index (κ3) is 2.47. The Morgan fingerprint density at radius 3 is 2.68 bits per heavy atom. The van der Waals surface area contributed by atoms with E-state index in [2.05, 4.69) is 0 Å². The molecule has 0 radical (unpaired) electrons. The van der Waals surface area contributed by atoms with E-state index in [4.69, 9.17) is 5.73 Å². The predicted molar refractivity (Wildman–Crippen MR) is 81.9 cm³/mol. The molecule has 2 fully saturated rings. The van der Waals surface area contributed by atoms with Gasteiger partial charge in [-0.2, -0.15) is 0 Å². The number of nitro benzene ring substituents is 1. The quantitative estimate of drug-likeness (QED) is 0.680. The Kier molecular flexibility index (Phi) is 3.87. The molecule has 2 saturated carbocycles. The van der Waals surface area contributed by atoms with Gasteiger partial charge in [-0.15, -0.1) is 0 Å². The monoisotopic (exact) mass is 303 g/mol. The number of carbonyl (C=O) groups excluding carboxylic acids is 1. The lowest BCUT2D eigenvalue weighted by atomic mass is 9.84. The summed E-state index contributed by atoms with van der Waals surface area (Å²) in [6.07, 6.45) is 3.26. The van der Waals surface area contributed by atoms with E-state index in [1.807, 2.05) is 0 Å². The lowest BCUT2D eigenvalue weighted by Gasteiger charge is -2.30. The van der Waals surface area contributed by atoms with Crippen molar-refractivity contribution in [3.8, 4) is 0 Å². The second kappa shape index (κ2) is 5.68. The van der Waals surface area contributed by atoms with E-state index in [-0.39, 0.29) is 30.1 Å². The average molecular weight is 303 g/mol. The number of nitrogens with two attached hydrogens (primary N) is 1.